The molecule has 8 nitrogen and oxygen atoms in total. The van der Waals surface area contributed by atoms with Crippen molar-refractivity contribution in [3.63, 3.8) is 0 Å². The zero-order valence-corrected chi connectivity index (χ0v) is 18.0. The van der Waals surface area contributed by atoms with E-state index in [1.165, 1.54) is 4.90 Å². The summed E-state index contributed by atoms with van der Waals surface area (Å²) in [4.78, 5) is 45.1. The number of ether oxygens (including phenoxy) is 2. The summed E-state index contributed by atoms with van der Waals surface area (Å²) in [6.45, 7) is 3.78. The third kappa shape index (κ3) is 4.08. The van der Waals surface area contributed by atoms with Crippen LogP contribution in [-0.4, -0.2) is 51.8 Å². The number of nitrogens with zero attached hydrogens (tertiary/aromatic N) is 3. The number of aromatic nitrogens is 1. The van der Waals surface area contributed by atoms with Gasteiger partial charge in [-0.3, -0.25) is 14.7 Å². The highest BCUT2D eigenvalue weighted by Crippen LogP contribution is 2.40. The number of carbonyl (C=O) groups is 3. The van der Waals surface area contributed by atoms with Crippen LogP contribution in [0.2, 0.25) is 0 Å². The van der Waals surface area contributed by atoms with Crippen LogP contribution in [0, 0.1) is 5.92 Å². The topological polar surface area (TPSA) is 89.0 Å². The molecule has 1 aromatic heterocycles. The van der Waals surface area contributed by atoms with Crippen molar-refractivity contribution >= 4 is 24.2 Å². The van der Waals surface area contributed by atoms with Crippen LogP contribution in [0.5, 0.6) is 0 Å². The van der Waals surface area contributed by atoms with Crippen LogP contribution in [0.25, 0.3) is 6.08 Å². The molecular weight excluding hydrogens is 410 g/mol. The lowest BCUT2D eigenvalue weighted by molar-refractivity contribution is -0.159. The van der Waals surface area contributed by atoms with Crippen LogP contribution in [0.3, 0.4) is 0 Å². The van der Waals surface area contributed by atoms with Crippen molar-refractivity contribution < 1.29 is 23.9 Å². The van der Waals surface area contributed by atoms with Gasteiger partial charge in [0.15, 0.2) is 0 Å². The smallest absolute Gasteiger partial charge is 0.418 e. The maximum absolute atomic E-state index is 13.0. The second-order valence-electron chi connectivity index (χ2n) is 7.81. The maximum atomic E-state index is 13.0. The summed E-state index contributed by atoms with van der Waals surface area (Å²) in [5.41, 5.74) is 1.67. The largest absolute Gasteiger partial charge is 0.447 e. The fourth-order valence-electron chi connectivity index (χ4n) is 3.83. The molecule has 0 saturated carbocycles. The molecule has 2 aliphatic heterocycles. The number of imide groups is 1. The van der Waals surface area contributed by atoms with Crippen molar-refractivity contribution in [2.45, 2.75) is 38.6 Å². The van der Waals surface area contributed by atoms with Gasteiger partial charge in [-0.2, -0.15) is 0 Å². The number of rotatable bonds is 6. The lowest BCUT2D eigenvalue weighted by Gasteiger charge is -2.48. The first kappa shape index (κ1) is 21.5. The van der Waals surface area contributed by atoms with Crippen molar-refractivity contribution in [2.75, 3.05) is 6.61 Å². The molecule has 1 aromatic carbocycles. The second-order valence-corrected chi connectivity index (χ2v) is 7.81. The summed E-state index contributed by atoms with van der Waals surface area (Å²) in [5, 5.41) is 0. The van der Waals surface area contributed by atoms with E-state index in [9.17, 15) is 14.4 Å². The molecule has 3 heterocycles. The molecule has 0 spiro atoms. The fourth-order valence-corrected chi connectivity index (χ4v) is 3.83. The molecule has 2 saturated heterocycles. The van der Waals surface area contributed by atoms with E-state index in [0.29, 0.717) is 6.42 Å². The molecule has 4 atom stereocenters. The van der Waals surface area contributed by atoms with E-state index in [1.807, 2.05) is 43.3 Å². The summed E-state index contributed by atoms with van der Waals surface area (Å²) >= 11 is 0. The third-order valence-electron chi connectivity index (χ3n) is 5.74. The Morgan fingerprint density at radius 1 is 1.25 bits per heavy atom. The van der Waals surface area contributed by atoms with Gasteiger partial charge >= 0.3 is 12.2 Å². The van der Waals surface area contributed by atoms with Gasteiger partial charge in [-0.25, -0.2) is 14.5 Å². The predicted octanol–water partition coefficient (Wildman–Crippen LogP) is 4.01. The van der Waals surface area contributed by atoms with Gasteiger partial charge in [-0.15, -0.1) is 0 Å². The number of cyclic esters (lactones) is 1. The minimum absolute atomic E-state index is 0.140. The van der Waals surface area contributed by atoms with Crippen LogP contribution in [0.15, 0.2) is 60.9 Å². The molecule has 8 heteroatoms. The molecule has 0 bridgehead atoms. The SMILES string of the molecule is CCC(C)OC(=O)N1C(=O)[C@H](C=Cc2cccnc2)[C@@H]1N1C(=O)OC[C@@H]1c1ccccc1. The number of pyridine rings is 1. The van der Waals surface area contributed by atoms with Crippen LogP contribution < -0.4 is 0 Å². The maximum Gasteiger partial charge on any atom is 0.418 e. The zero-order chi connectivity index (χ0) is 22.7. The van der Waals surface area contributed by atoms with E-state index < -0.39 is 36.2 Å². The first-order valence-corrected chi connectivity index (χ1v) is 10.6. The second kappa shape index (κ2) is 9.21. The monoisotopic (exact) mass is 435 g/mol. The molecule has 2 aromatic rings. The number of hydrogen-bond donors (Lipinski definition) is 0. The Kier molecular flexibility index (Phi) is 6.20. The average molecular weight is 435 g/mol. The Bertz CT molecular complexity index is 1010. The lowest BCUT2D eigenvalue weighted by Crippen LogP contribution is -2.69. The average Bonchev–Trinajstić information content (AvgIpc) is 3.19. The van der Waals surface area contributed by atoms with Gasteiger partial charge in [0.25, 0.3) is 0 Å². The van der Waals surface area contributed by atoms with Crippen molar-refractivity contribution in [2.24, 2.45) is 5.92 Å². The van der Waals surface area contributed by atoms with Gasteiger partial charge in [-0.05, 0) is 30.5 Å². The summed E-state index contributed by atoms with van der Waals surface area (Å²) in [6.07, 6.45) is 4.88. The third-order valence-corrected chi connectivity index (χ3v) is 5.74. The molecule has 4 rings (SSSR count). The van der Waals surface area contributed by atoms with Crippen molar-refractivity contribution in [3.8, 4) is 0 Å². The molecule has 2 fully saturated rings. The quantitative estimate of drug-likeness (QED) is 0.637. The molecule has 0 radical (unpaired) electrons. The van der Waals surface area contributed by atoms with Crippen molar-refractivity contribution in [3.05, 3.63) is 72.1 Å². The van der Waals surface area contributed by atoms with Crippen molar-refractivity contribution in [1.29, 1.82) is 0 Å². The van der Waals surface area contributed by atoms with E-state index in [2.05, 4.69) is 4.98 Å². The normalized spacial score (nSPS) is 23.8. The Morgan fingerprint density at radius 3 is 2.72 bits per heavy atom. The Hall–Kier alpha value is -3.68. The molecule has 32 heavy (non-hydrogen) atoms. The minimum atomic E-state index is -0.841. The Balaban J connectivity index is 1.66. The molecule has 3 amide bonds. The van der Waals surface area contributed by atoms with Gasteiger partial charge in [0.1, 0.15) is 18.9 Å². The van der Waals surface area contributed by atoms with Crippen LogP contribution in [0.4, 0.5) is 9.59 Å². The van der Waals surface area contributed by atoms with Crippen molar-refractivity contribution in [1.82, 2.24) is 14.8 Å². The van der Waals surface area contributed by atoms with E-state index in [1.54, 1.807) is 37.5 Å². The molecule has 166 valence electrons. The van der Waals surface area contributed by atoms with Crippen LogP contribution in [0.1, 0.15) is 37.4 Å². The molecule has 2 aliphatic rings. The molecule has 0 N–H and O–H groups in total. The summed E-state index contributed by atoms with van der Waals surface area (Å²) < 4.78 is 10.7. The highest BCUT2D eigenvalue weighted by Gasteiger charge is 2.58. The first-order valence-electron chi connectivity index (χ1n) is 10.6. The number of benzene rings is 1. The number of likely N-dealkylation sites (tertiary alicyclic amines) is 1. The molecular formula is C24H25N3O5. The standard InChI is InChI=1S/C24H25N3O5/c1-3-16(2)32-24(30)27-21(19(22(27)28)12-11-17-8-7-13-25-14-17)26-20(15-31-23(26)29)18-9-5-4-6-10-18/h4-14,16,19-21H,3,15H2,1-2H3/t16?,19-,20-,21-/m1/s1. The Labute approximate surface area is 186 Å². The number of amides is 3. The van der Waals surface area contributed by atoms with Gasteiger partial charge < -0.3 is 9.47 Å². The van der Waals surface area contributed by atoms with Gasteiger partial charge in [-0.1, -0.05) is 55.5 Å². The zero-order valence-electron chi connectivity index (χ0n) is 18.0. The van der Waals surface area contributed by atoms with Crippen LogP contribution in [-0.2, 0) is 14.3 Å². The van der Waals surface area contributed by atoms with Gasteiger partial charge in [0, 0.05) is 12.4 Å². The lowest BCUT2D eigenvalue weighted by atomic mass is 9.90. The van der Waals surface area contributed by atoms with Gasteiger partial charge in [0.2, 0.25) is 5.91 Å². The predicted molar refractivity (Wildman–Crippen MR) is 116 cm³/mol. The van der Waals surface area contributed by atoms with Crippen LogP contribution >= 0.6 is 0 Å². The molecule has 1 unspecified atom stereocenters. The fraction of sp³-hybridized carbons (Fsp3) is 0.333. The minimum Gasteiger partial charge on any atom is -0.447 e. The summed E-state index contributed by atoms with van der Waals surface area (Å²) in [7, 11) is 0. The number of β-lactam (4-membered cyclic amide) rings is 1. The van der Waals surface area contributed by atoms with E-state index >= 15 is 0 Å². The Morgan fingerprint density at radius 2 is 2.03 bits per heavy atom. The van der Waals surface area contributed by atoms with Gasteiger partial charge in [0.05, 0.1) is 12.0 Å². The van der Waals surface area contributed by atoms with E-state index in [-0.39, 0.29) is 12.7 Å². The highest BCUT2D eigenvalue weighted by molar-refractivity contribution is 6.01. The first-order chi connectivity index (χ1) is 15.5. The van der Waals surface area contributed by atoms with E-state index in [0.717, 1.165) is 16.0 Å². The summed E-state index contributed by atoms with van der Waals surface area (Å²) in [5.74, 6) is -1.13. The van der Waals surface area contributed by atoms with E-state index in [4.69, 9.17) is 9.47 Å². The number of hydrogen-bond acceptors (Lipinski definition) is 6. The summed E-state index contributed by atoms with van der Waals surface area (Å²) in [6, 6.07) is 12.6. The molecule has 0 aliphatic carbocycles. The number of carbonyl (C=O) groups excluding carboxylic acids is 3. The highest BCUT2D eigenvalue weighted by atomic mass is 16.6.